The third-order valence-corrected chi connectivity index (χ3v) is 5.10. The van der Waals surface area contributed by atoms with Crippen LogP contribution in [0.15, 0.2) is 67.0 Å². The Bertz CT molecular complexity index is 951. The third-order valence-electron chi connectivity index (χ3n) is 5.10. The number of aromatic nitrogens is 2. The molecule has 6 heteroatoms. The molecule has 5 nitrogen and oxygen atoms in total. The van der Waals surface area contributed by atoms with Crippen LogP contribution in [0.1, 0.15) is 35.6 Å². The number of nitrogens with zero attached hydrogens (tertiary/aromatic N) is 3. The van der Waals surface area contributed by atoms with Crippen molar-refractivity contribution in [3.63, 3.8) is 0 Å². The van der Waals surface area contributed by atoms with Gasteiger partial charge in [-0.15, -0.1) is 0 Å². The molecule has 0 spiro atoms. The van der Waals surface area contributed by atoms with Crippen molar-refractivity contribution in [2.75, 3.05) is 7.05 Å². The Morgan fingerprint density at radius 1 is 1.17 bits per heavy atom. The Kier molecular flexibility index (Phi) is 5.71. The highest BCUT2D eigenvalue weighted by atomic mass is 19.1. The lowest BCUT2D eigenvalue weighted by Gasteiger charge is -2.27. The van der Waals surface area contributed by atoms with Gasteiger partial charge in [-0.25, -0.2) is 4.39 Å². The molecular weight excluding hydrogens is 367 g/mol. The fraction of sp³-hybridized carbons (Fsp3) is 0.304. The highest BCUT2D eigenvalue weighted by molar-refractivity contribution is 5.83. The maximum Gasteiger partial charge on any atom is 0.242 e. The monoisotopic (exact) mass is 392 g/mol. The van der Waals surface area contributed by atoms with Gasteiger partial charge in [0.1, 0.15) is 11.9 Å². The molecule has 1 heterocycles. The van der Waals surface area contributed by atoms with E-state index >= 15 is 0 Å². The second-order valence-electron chi connectivity index (χ2n) is 7.68. The lowest BCUT2D eigenvalue weighted by atomic mass is 10.0. The summed E-state index contributed by atoms with van der Waals surface area (Å²) < 4.78 is 15.3. The van der Waals surface area contributed by atoms with Gasteiger partial charge >= 0.3 is 0 Å². The minimum atomic E-state index is -0.478. The number of nitrogens with one attached hydrogen (secondary N) is 1. The van der Waals surface area contributed by atoms with Gasteiger partial charge in [-0.2, -0.15) is 5.10 Å². The van der Waals surface area contributed by atoms with Gasteiger partial charge < -0.3 is 5.32 Å². The number of hydrogen-bond acceptors (Lipinski definition) is 3. The van der Waals surface area contributed by atoms with Crippen molar-refractivity contribution in [1.29, 1.82) is 0 Å². The number of benzene rings is 2. The predicted molar refractivity (Wildman–Crippen MR) is 110 cm³/mol. The first-order valence-electron chi connectivity index (χ1n) is 9.90. The number of carbonyl (C=O) groups is 1. The van der Waals surface area contributed by atoms with Crippen molar-refractivity contribution in [2.45, 2.75) is 38.0 Å². The summed E-state index contributed by atoms with van der Waals surface area (Å²) in [4.78, 5) is 14.9. The van der Waals surface area contributed by atoms with Gasteiger partial charge in [0.25, 0.3) is 0 Å². The molecule has 1 fully saturated rings. The van der Waals surface area contributed by atoms with Crippen molar-refractivity contribution in [3.05, 3.63) is 89.5 Å². The quantitative estimate of drug-likeness (QED) is 0.638. The van der Waals surface area contributed by atoms with Gasteiger partial charge in [0.2, 0.25) is 5.91 Å². The summed E-state index contributed by atoms with van der Waals surface area (Å²) in [7, 11) is 1.91. The summed E-state index contributed by atoms with van der Waals surface area (Å²) in [6, 6.07) is 16.1. The van der Waals surface area contributed by atoms with Crippen molar-refractivity contribution in [1.82, 2.24) is 20.0 Å². The molecule has 1 amide bonds. The molecule has 1 aliphatic carbocycles. The van der Waals surface area contributed by atoms with Crippen molar-refractivity contribution in [3.8, 4) is 0 Å². The smallest absolute Gasteiger partial charge is 0.242 e. The zero-order valence-electron chi connectivity index (χ0n) is 16.5. The zero-order chi connectivity index (χ0) is 20.2. The SMILES string of the molecule is CN(Cc1cnn(Cc2ccccc2)c1)C(C(=O)NC1CC1)c1ccc(F)cc1. The van der Waals surface area contributed by atoms with Crippen LogP contribution >= 0.6 is 0 Å². The molecule has 0 saturated heterocycles. The Morgan fingerprint density at radius 3 is 2.59 bits per heavy atom. The summed E-state index contributed by atoms with van der Waals surface area (Å²) in [5, 5.41) is 7.53. The first-order valence-corrected chi connectivity index (χ1v) is 9.90. The van der Waals surface area contributed by atoms with Gasteiger partial charge in [-0.05, 0) is 43.1 Å². The first-order chi connectivity index (χ1) is 14.1. The van der Waals surface area contributed by atoms with Gasteiger partial charge in [0.15, 0.2) is 0 Å². The molecule has 0 bridgehead atoms. The van der Waals surface area contributed by atoms with Crippen LogP contribution in [-0.4, -0.2) is 33.7 Å². The minimum absolute atomic E-state index is 0.0433. The van der Waals surface area contributed by atoms with Crippen LogP contribution in [0.5, 0.6) is 0 Å². The van der Waals surface area contributed by atoms with E-state index in [4.69, 9.17) is 0 Å². The van der Waals surface area contributed by atoms with Crippen LogP contribution in [0, 0.1) is 5.82 Å². The Labute approximate surface area is 170 Å². The van der Waals surface area contributed by atoms with Crippen molar-refractivity contribution >= 4 is 5.91 Å². The average Bonchev–Trinajstić information content (AvgIpc) is 3.42. The van der Waals surface area contributed by atoms with E-state index in [-0.39, 0.29) is 17.8 Å². The van der Waals surface area contributed by atoms with E-state index < -0.39 is 6.04 Å². The molecular formula is C23H25FN4O. The molecule has 0 aliphatic heterocycles. The van der Waals surface area contributed by atoms with Crippen LogP contribution < -0.4 is 5.32 Å². The number of hydrogen-bond donors (Lipinski definition) is 1. The third kappa shape index (κ3) is 5.09. The average molecular weight is 392 g/mol. The second kappa shape index (κ2) is 8.57. The minimum Gasteiger partial charge on any atom is -0.352 e. The van der Waals surface area contributed by atoms with Gasteiger partial charge in [0, 0.05) is 24.3 Å². The van der Waals surface area contributed by atoms with E-state index in [1.165, 1.54) is 17.7 Å². The van der Waals surface area contributed by atoms with Gasteiger partial charge in [0.05, 0.1) is 12.7 Å². The first kappa shape index (κ1) is 19.3. The molecule has 1 unspecified atom stereocenters. The van der Waals surface area contributed by atoms with E-state index in [9.17, 15) is 9.18 Å². The molecule has 1 aromatic heterocycles. The van der Waals surface area contributed by atoms with E-state index in [1.807, 2.05) is 47.2 Å². The van der Waals surface area contributed by atoms with E-state index in [0.717, 1.165) is 24.0 Å². The Hall–Kier alpha value is -2.99. The lowest BCUT2D eigenvalue weighted by Crippen LogP contribution is -2.39. The fourth-order valence-electron chi connectivity index (χ4n) is 3.48. The topological polar surface area (TPSA) is 50.2 Å². The van der Waals surface area contributed by atoms with Crippen LogP contribution in [0.3, 0.4) is 0 Å². The molecule has 1 saturated carbocycles. The molecule has 1 aliphatic rings. The number of likely N-dealkylation sites (N-methyl/N-ethyl adjacent to an activating group) is 1. The molecule has 2 aromatic carbocycles. The number of carbonyl (C=O) groups excluding carboxylic acids is 1. The number of halogens is 1. The highest BCUT2D eigenvalue weighted by Crippen LogP contribution is 2.25. The van der Waals surface area contributed by atoms with E-state index in [1.54, 1.807) is 12.1 Å². The summed E-state index contributed by atoms with van der Waals surface area (Å²) in [6.07, 6.45) is 5.89. The molecule has 150 valence electrons. The second-order valence-corrected chi connectivity index (χ2v) is 7.68. The van der Waals surface area contributed by atoms with E-state index in [2.05, 4.69) is 22.5 Å². The molecule has 1 atom stereocenters. The lowest BCUT2D eigenvalue weighted by molar-refractivity contribution is -0.126. The summed E-state index contributed by atoms with van der Waals surface area (Å²) in [6.45, 7) is 1.27. The number of amides is 1. The summed E-state index contributed by atoms with van der Waals surface area (Å²) in [5.74, 6) is -0.349. The van der Waals surface area contributed by atoms with Crippen molar-refractivity contribution < 1.29 is 9.18 Å². The number of rotatable bonds is 8. The Morgan fingerprint density at radius 2 is 1.90 bits per heavy atom. The molecule has 4 rings (SSSR count). The maximum absolute atomic E-state index is 13.4. The highest BCUT2D eigenvalue weighted by Gasteiger charge is 2.31. The molecule has 29 heavy (non-hydrogen) atoms. The largest absolute Gasteiger partial charge is 0.352 e. The van der Waals surface area contributed by atoms with Crippen LogP contribution in [0.25, 0.3) is 0 Å². The van der Waals surface area contributed by atoms with Crippen LogP contribution in [0.2, 0.25) is 0 Å². The molecule has 0 radical (unpaired) electrons. The van der Waals surface area contributed by atoms with Gasteiger partial charge in [-0.1, -0.05) is 42.5 Å². The standard InChI is InChI=1S/C23H25FN4O/c1-27(14-18-13-25-28(16-18)15-17-5-3-2-4-6-17)22(23(29)26-21-11-12-21)19-7-9-20(24)10-8-19/h2-10,13,16,21-22H,11-12,14-15H2,1H3,(H,26,29). The maximum atomic E-state index is 13.4. The molecule has 3 aromatic rings. The normalized spacial score (nSPS) is 14.7. The van der Waals surface area contributed by atoms with Gasteiger partial charge in [-0.3, -0.25) is 14.4 Å². The van der Waals surface area contributed by atoms with Crippen LogP contribution in [-0.2, 0) is 17.9 Å². The molecule has 1 N–H and O–H groups in total. The van der Waals surface area contributed by atoms with E-state index in [0.29, 0.717) is 13.1 Å². The summed E-state index contributed by atoms with van der Waals surface area (Å²) >= 11 is 0. The zero-order valence-corrected chi connectivity index (χ0v) is 16.5. The fourth-order valence-corrected chi connectivity index (χ4v) is 3.48. The summed E-state index contributed by atoms with van der Waals surface area (Å²) in [5.41, 5.74) is 2.99. The predicted octanol–water partition coefficient (Wildman–Crippen LogP) is 3.52. The van der Waals surface area contributed by atoms with Crippen LogP contribution in [0.4, 0.5) is 4.39 Å². The van der Waals surface area contributed by atoms with Crippen molar-refractivity contribution in [2.24, 2.45) is 0 Å². The Balaban J connectivity index is 1.48.